The Balaban J connectivity index is 2.13. The van der Waals surface area contributed by atoms with Gasteiger partial charge in [-0.25, -0.2) is 0 Å². The van der Waals surface area contributed by atoms with Crippen molar-refractivity contribution in [1.82, 2.24) is 20.3 Å². The lowest BCUT2D eigenvalue weighted by Crippen LogP contribution is -2.44. The molecule has 1 saturated heterocycles. The van der Waals surface area contributed by atoms with Gasteiger partial charge in [0.1, 0.15) is 6.04 Å². The molecule has 20 heavy (non-hydrogen) atoms. The number of hydrogen-bond donors (Lipinski definition) is 2. The van der Waals surface area contributed by atoms with Crippen molar-refractivity contribution in [2.45, 2.75) is 31.5 Å². The fraction of sp³-hybridized carbons (Fsp3) is 0.600. The predicted molar refractivity (Wildman–Crippen MR) is 59.0 cm³/mol. The normalized spacial score (nSPS) is 19.4. The van der Waals surface area contributed by atoms with E-state index in [4.69, 9.17) is 5.73 Å². The van der Waals surface area contributed by atoms with Crippen LogP contribution >= 0.6 is 0 Å². The van der Waals surface area contributed by atoms with E-state index in [9.17, 15) is 22.8 Å². The fourth-order valence-corrected chi connectivity index (χ4v) is 2.21. The first kappa shape index (κ1) is 14.3. The van der Waals surface area contributed by atoms with Crippen molar-refractivity contribution >= 4 is 11.8 Å². The van der Waals surface area contributed by atoms with Gasteiger partial charge in [-0.3, -0.25) is 14.7 Å². The van der Waals surface area contributed by atoms with Crippen LogP contribution in [0.5, 0.6) is 0 Å². The Labute approximate surface area is 111 Å². The van der Waals surface area contributed by atoms with Gasteiger partial charge in [0.2, 0.25) is 11.8 Å². The van der Waals surface area contributed by atoms with E-state index in [0.29, 0.717) is 19.4 Å². The Morgan fingerprint density at radius 2 is 2.15 bits per heavy atom. The molecule has 110 valence electrons. The molecule has 0 spiro atoms. The van der Waals surface area contributed by atoms with E-state index in [-0.39, 0.29) is 0 Å². The van der Waals surface area contributed by atoms with Crippen LogP contribution in [0.15, 0.2) is 0 Å². The number of amides is 2. The molecule has 1 aromatic rings. The summed E-state index contributed by atoms with van der Waals surface area (Å²) in [6, 6.07) is -0.757. The van der Waals surface area contributed by atoms with E-state index in [0.717, 1.165) is 0 Å². The Bertz CT molecular complexity index is 527. The average Bonchev–Trinajstić information content (AvgIpc) is 2.95. The lowest BCUT2D eigenvalue weighted by atomic mass is 10.2. The molecule has 1 aromatic heterocycles. The van der Waals surface area contributed by atoms with Gasteiger partial charge in [0.05, 0.1) is 12.1 Å². The lowest BCUT2D eigenvalue weighted by Gasteiger charge is -2.22. The third kappa shape index (κ3) is 2.73. The largest absolute Gasteiger partial charge is 0.437 e. The van der Waals surface area contributed by atoms with Gasteiger partial charge in [-0.2, -0.15) is 13.2 Å². The van der Waals surface area contributed by atoms with Crippen LogP contribution in [0.1, 0.15) is 24.2 Å². The molecule has 0 bridgehead atoms. The van der Waals surface area contributed by atoms with Crippen LogP contribution < -0.4 is 5.73 Å². The topological polar surface area (TPSA) is 105 Å². The second-order valence-electron chi connectivity index (χ2n) is 4.46. The van der Waals surface area contributed by atoms with E-state index in [1.807, 2.05) is 0 Å². The maximum atomic E-state index is 12.6. The maximum absolute atomic E-state index is 12.6. The molecule has 1 atom stereocenters. The molecule has 2 rings (SSSR count). The molecule has 10 heteroatoms. The van der Waals surface area contributed by atoms with Crippen molar-refractivity contribution in [3.63, 3.8) is 0 Å². The minimum Gasteiger partial charge on any atom is -0.368 e. The van der Waals surface area contributed by atoms with Gasteiger partial charge in [-0.05, 0) is 12.8 Å². The SMILES string of the molecule is NC(=O)C1CCCN1C(=O)Cc1[nH]nnc1C(F)(F)F. The van der Waals surface area contributed by atoms with Crippen LogP contribution in [0.3, 0.4) is 0 Å². The Hall–Kier alpha value is -2.13. The first-order valence-corrected chi connectivity index (χ1v) is 5.86. The average molecular weight is 291 g/mol. The number of aromatic nitrogens is 3. The molecule has 1 aliphatic heterocycles. The van der Waals surface area contributed by atoms with Gasteiger partial charge >= 0.3 is 6.18 Å². The van der Waals surface area contributed by atoms with Crippen LogP contribution in [-0.2, 0) is 22.2 Å². The second kappa shape index (κ2) is 5.10. The number of hydrogen-bond acceptors (Lipinski definition) is 4. The predicted octanol–water partition coefficient (Wildman–Crippen LogP) is -0.158. The summed E-state index contributed by atoms with van der Waals surface area (Å²) < 4.78 is 37.8. The number of nitrogens with two attached hydrogens (primary N) is 1. The number of halogens is 3. The van der Waals surface area contributed by atoms with Gasteiger partial charge < -0.3 is 10.6 Å². The third-order valence-corrected chi connectivity index (χ3v) is 3.12. The highest BCUT2D eigenvalue weighted by Crippen LogP contribution is 2.29. The van der Waals surface area contributed by atoms with Gasteiger partial charge in [0.15, 0.2) is 5.69 Å². The first-order valence-electron chi connectivity index (χ1n) is 5.86. The molecule has 0 aliphatic carbocycles. The molecule has 2 heterocycles. The Morgan fingerprint density at radius 1 is 1.45 bits per heavy atom. The van der Waals surface area contributed by atoms with Crippen molar-refractivity contribution in [3.8, 4) is 0 Å². The number of rotatable bonds is 3. The summed E-state index contributed by atoms with van der Waals surface area (Å²) in [4.78, 5) is 24.3. The molecule has 0 saturated carbocycles. The lowest BCUT2D eigenvalue weighted by molar-refractivity contribution is -0.142. The number of likely N-dealkylation sites (tertiary alicyclic amines) is 1. The number of primary amides is 1. The quantitative estimate of drug-likeness (QED) is 0.807. The summed E-state index contributed by atoms with van der Waals surface area (Å²) >= 11 is 0. The highest BCUT2D eigenvalue weighted by atomic mass is 19.4. The molecule has 3 N–H and O–H groups in total. The van der Waals surface area contributed by atoms with Crippen LogP contribution in [-0.4, -0.2) is 44.7 Å². The molecule has 1 fully saturated rings. The first-order chi connectivity index (χ1) is 9.30. The molecular formula is C10H12F3N5O2. The molecule has 7 nitrogen and oxygen atoms in total. The third-order valence-electron chi connectivity index (χ3n) is 3.12. The van der Waals surface area contributed by atoms with Crippen molar-refractivity contribution in [2.75, 3.05) is 6.54 Å². The monoisotopic (exact) mass is 291 g/mol. The molecule has 1 unspecified atom stereocenters. The van der Waals surface area contributed by atoms with E-state index < -0.39 is 41.8 Å². The summed E-state index contributed by atoms with van der Waals surface area (Å²) in [5.41, 5.74) is 3.51. The summed E-state index contributed by atoms with van der Waals surface area (Å²) in [6.45, 7) is 0.301. The summed E-state index contributed by atoms with van der Waals surface area (Å²) in [6.07, 6.45) is -4.22. The zero-order valence-corrected chi connectivity index (χ0v) is 10.3. The van der Waals surface area contributed by atoms with Crippen molar-refractivity contribution in [2.24, 2.45) is 5.73 Å². The van der Waals surface area contributed by atoms with Crippen molar-refractivity contribution in [3.05, 3.63) is 11.4 Å². The Kier molecular flexibility index (Phi) is 3.64. The number of alkyl halides is 3. The van der Waals surface area contributed by atoms with Gasteiger partial charge in [-0.1, -0.05) is 5.21 Å². The van der Waals surface area contributed by atoms with Gasteiger partial charge in [0, 0.05) is 6.54 Å². The smallest absolute Gasteiger partial charge is 0.368 e. The Morgan fingerprint density at radius 3 is 2.75 bits per heavy atom. The fourth-order valence-electron chi connectivity index (χ4n) is 2.21. The zero-order valence-electron chi connectivity index (χ0n) is 10.3. The van der Waals surface area contributed by atoms with E-state index >= 15 is 0 Å². The standard InChI is InChI=1S/C10H12F3N5O2/c11-10(12,13)8-5(15-17-16-8)4-7(19)18-3-1-2-6(18)9(14)20/h6H,1-4H2,(H2,14,20)(H,15,16,17). The summed E-state index contributed by atoms with van der Waals surface area (Å²) in [7, 11) is 0. The second-order valence-corrected chi connectivity index (χ2v) is 4.46. The van der Waals surface area contributed by atoms with Crippen molar-refractivity contribution in [1.29, 1.82) is 0 Å². The molecule has 1 aliphatic rings. The number of nitrogens with zero attached hydrogens (tertiary/aromatic N) is 3. The van der Waals surface area contributed by atoms with Crippen LogP contribution in [0.2, 0.25) is 0 Å². The van der Waals surface area contributed by atoms with E-state index in [2.05, 4.69) is 15.4 Å². The van der Waals surface area contributed by atoms with Crippen LogP contribution in [0.25, 0.3) is 0 Å². The maximum Gasteiger partial charge on any atom is 0.437 e. The number of nitrogens with one attached hydrogen (secondary N) is 1. The summed E-state index contributed by atoms with van der Waals surface area (Å²) in [5, 5.41) is 8.06. The van der Waals surface area contributed by atoms with E-state index in [1.165, 1.54) is 4.90 Å². The zero-order chi connectivity index (χ0) is 14.9. The molecular weight excluding hydrogens is 279 g/mol. The number of carbonyl (C=O) groups excluding carboxylic acids is 2. The van der Waals surface area contributed by atoms with Gasteiger partial charge in [-0.15, -0.1) is 5.10 Å². The van der Waals surface area contributed by atoms with Crippen LogP contribution in [0, 0.1) is 0 Å². The minimum absolute atomic E-state index is 0.301. The molecule has 2 amide bonds. The molecule has 0 radical (unpaired) electrons. The number of aromatic amines is 1. The number of H-pyrrole nitrogens is 1. The molecule has 0 aromatic carbocycles. The summed E-state index contributed by atoms with van der Waals surface area (Å²) in [5.74, 6) is -1.27. The highest BCUT2D eigenvalue weighted by molar-refractivity contribution is 5.88. The van der Waals surface area contributed by atoms with Gasteiger partial charge in [0.25, 0.3) is 0 Å². The van der Waals surface area contributed by atoms with E-state index in [1.54, 1.807) is 0 Å². The minimum atomic E-state index is -4.68. The number of carbonyl (C=O) groups is 2. The van der Waals surface area contributed by atoms with Crippen LogP contribution in [0.4, 0.5) is 13.2 Å². The highest BCUT2D eigenvalue weighted by Gasteiger charge is 2.39. The van der Waals surface area contributed by atoms with Crippen molar-refractivity contribution < 1.29 is 22.8 Å².